The third kappa shape index (κ3) is 3.57. The van der Waals surface area contributed by atoms with Crippen LogP contribution in [0.4, 0.5) is 0 Å². The zero-order chi connectivity index (χ0) is 16.4. The van der Waals surface area contributed by atoms with Crippen LogP contribution in [0.1, 0.15) is 29.4 Å². The van der Waals surface area contributed by atoms with Crippen molar-refractivity contribution in [3.8, 4) is 0 Å². The highest BCUT2D eigenvalue weighted by Gasteiger charge is 2.40. The third-order valence-corrected chi connectivity index (χ3v) is 4.74. The van der Waals surface area contributed by atoms with Crippen LogP contribution in [0.15, 0.2) is 6.20 Å². The molecule has 2 fully saturated rings. The molecule has 7 heteroatoms. The first-order chi connectivity index (χ1) is 11.0. The Balaban J connectivity index is 1.63. The van der Waals surface area contributed by atoms with Crippen molar-refractivity contribution < 1.29 is 14.6 Å². The number of morpholine rings is 1. The first-order valence-electron chi connectivity index (χ1n) is 8.36. The monoisotopic (exact) mass is 322 g/mol. The summed E-state index contributed by atoms with van der Waals surface area (Å²) < 4.78 is 7.12. The molecule has 0 bridgehead atoms. The van der Waals surface area contributed by atoms with Crippen LogP contribution in [-0.4, -0.2) is 82.1 Å². The number of likely N-dealkylation sites (tertiary alicyclic amines) is 1. The number of aryl methyl sites for hydroxylation is 2. The number of amides is 1. The summed E-state index contributed by atoms with van der Waals surface area (Å²) in [4.78, 5) is 16.7. The lowest BCUT2D eigenvalue weighted by atomic mass is 10.0. The van der Waals surface area contributed by atoms with Crippen molar-refractivity contribution in [1.29, 1.82) is 0 Å². The Morgan fingerprint density at radius 3 is 2.78 bits per heavy atom. The van der Waals surface area contributed by atoms with Crippen molar-refractivity contribution in [1.82, 2.24) is 19.6 Å². The summed E-state index contributed by atoms with van der Waals surface area (Å²) in [5.74, 6) is -0.0277. The maximum atomic E-state index is 12.7. The van der Waals surface area contributed by atoms with E-state index in [0.717, 1.165) is 25.3 Å². The van der Waals surface area contributed by atoms with Gasteiger partial charge >= 0.3 is 0 Å². The highest BCUT2D eigenvalue weighted by atomic mass is 16.5. The third-order valence-electron chi connectivity index (χ3n) is 4.74. The number of hydrogen-bond acceptors (Lipinski definition) is 5. The van der Waals surface area contributed by atoms with Gasteiger partial charge in [-0.05, 0) is 20.3 Å². The van der Waals surface area contributed by atoms with Gasteiger partial charge in [0.15, 0.2) is 0 Å². The first-order valence-corrected chi connectivity index (χ1v) is 8.36. The summed E-state index contributed by atoms with van der Waals surface area (Å²) in [6.45, 7) is 9.31. The SMILES string of the molecule is CCn1cc(C(=O)N2CCC(O)(CN3CCOCC3)C2)c(C)n1. The molecule has 7 nitrogen and oxygen atoms in total. The predicted octanol–water partition coefficient (Wildman–Crippen LogP) is 0.121. The van der Waals surface area contributed by atoms with Crippen LogP contribution in [0.3, 0.4) is 0 Å². The zero-order valence-electron chi connectivity index (χ0n) is 14.0. The molecule has 23 heavy (non-hydrogen) atoms. The quantitative estimate of drug-likeness (QED) is 0.853. The van der Waals surface area contributed by atoms with Crippen molar-refractivity contribution in [3.63, 3.8) is 0 Å². The average molecular weight is 322 g/mol. The molecule has 128 valence electrons. The van der Waals surface area contributed by atoms with E-state index in [1.807, 2.05) is 13.8 Å². The molecule has 1 amide bonds. The summed E-state index contributed by atoms with van der Waals surface area (Å²) in [7, 11) is 0. The maximum Gasteiger partial charge on any atom is 0.257 e. The molecule has 3 heterocycles. The van der Waals surface area contributed by atoms with Crippen molar-refractivity contribution in [2.45, 2.75) is 32.4 Å². The van der Waals surface area contributed by atoms with Gasteiger partial charge in [-0.25, -0.2) is 0 Å². The number of nitrogens with zero attached hydrogens (tertiary/aromatic N) is 4. The minimum absolute atomic E-state index is 0.0277. The van der Waals surface area contributed by atoms with Crippen molar-refractivity contribution in [2.75, 3.05) is 45.9 Å². The van der Waals surface area contributed by atoms with Gasteiger partial charge in [0.1, 0.15) is 0 Å². The van der Waals surface area contributed by atoms with E-state index < -0.39 is 5.60 Å². The molecule has 0 radical (unpaired) electrons. The second kappa shape index (κ2) is 6.59. The molecule has 2 aliphatic heterocycles. The van der Waals surface area contributed by atoms with Crippen LogP contribution in [0.25, 0.3) is 0 Å². The van der Waals surface area contributed by atoms with Crippen LogP contribution in [-0.2, 0) is 11.3 Å². The highest BCUT2D eigenvalue weighted by Crippen LogP contribution is 2.25. The number of carbonyl (C=O) groups is 1. The van der Waals surface area contributed by atoms with E-state index in [4.69, 9.17) is 4.74 Å². The first kappa shape index (κ1) is 16.4. The molecule has 0 aliphatic carbocycles. The highest BCUT2D eigenvalue weighted by molar-refractivity contribution is 5.95. The molecule has 1 atom stereocenters. The normalized spacial score (nSPS) is 26.0. The molecule has 0 spiro atoms. The Labute approximate surface area is 136 Å². The molecule has 0 aromatic carbocycles. The Morgan fingerprint density at radius 1 is 1.39 bits per heavy atom. The van der Waals surface area contributed by atoms with Crippen LogP contribution < -0.4 is 0 Å². The van der Waals surface area contributed by atoms with E-state index in [1.54, 1.807) is 15.8 Å². The molecule has 0 saturated carbocycles. The Bertz CT molecular complexity index is 568. The zero-order valence-corrected chi connectivity index (χ0v) is 14.0. The van der Waals surface area contributed by atoms with Gasteiger partial charge < -0.3 is 14.7 Å². The van der Waals surface area contributed by atoms with E-state index in [1.165, 1.54) is 0 Å². The van der Waals surface area contributed by atoms with Crippen molar-refractivity contribution in [3.05, 3.63) is 17.5 Å². The van der Waals surface area contributed by atoms with E-state index in [2.05, 4.69) is 10.00 Å². The van der Waals surface area contributed by atoms with Crippen LogP contribution in [0, 0.1) is 6.92 Å². The molecule has 3 rings (SSSR count). The standard InChI is InChI=1S/C16H26N4O3/c1-3-20-10-14(13(2)17-20)15(21)19-5-4-16(22,12-19)11-18-6-8-23-9-7-18/h10,22H,3-9,11-12H2,1-2H3. The molecule has 1 aromatic rings. The topological polar surface area (TPSA) is 70.8 Å². The van der Waals surface area contributed by atoms with Crippen molar-refractivity contribution >= 4 is 5.91 Å². The smallest absolute Gasteiger partial charge is 0.257 e. The number of carbonyl (C=O) groups excluding carboxylic acids is 1. The maximum absolute atomic E-state index is 12.7. The fourth-order valence-electron chi connectivity index (χ4n) is 3.39. The number of rotatable bonds is 4. The lowest BCUT2D eigenvalue weighted by Gasteiger charge is -2.33. The number of ether oxygens (including phenoxy) is 1. The Morgan fingerprint density at radius 2 is 2.13 bits per heavy atom. The van der Waals surface area contributed by atoms with Crippen LogP contribution in [0.2, 0.25) is 0 Å². The summed E-state index contributed by atoms with van der Waals surface area (Å²) in [5.41, 5.74) is 0.574. The molecular weight excluding hydrogens is 296 g/mol. The van der Waals surface area contributed by atoms with E-state index in [-0.39, 0.29) is 5.91 Å². The van der Waals surface area contributed by atoms with Crippen molar-refractivity contribution in [2.24, 2.45) is 0 Å². The van der Waals surface area contributed by atoms with Gasteiger partial charge in [0.05, 0.1) is 36.6 Å². The molecule has 2 saturated heterocycles. The van der Waals surface area contributed by atoms with Gasteiger partial charge in [-0.2, -0.15) is 5.10 Å². The minimum atomic E-state index is -0.818. The lowest BCUT2D eigenvalue weighted by molar-refractivity contribution is -0.0257. The largest absolute Gasteiger partial charge is 0.387 e. The lowest BCUT2D eigenvalue weighted by Crippen LogP contribution is -2.49. The summed E-state index contributed by atoms with van der Waals surface area (Å²) >= 11 is 0. The van der Waals surface area contributed by atoms with Gasteiger partial charge in [-0.3, -0.25) is 14.4 Å². The number of β-amino-alcohol motifs (C(OH)–C–C–N with tert-alkyl or cyclic N) is 1. The van der Waals surface area contributed by atoms with E-state index >= 15 is 0 Å². The second-order valence-corrected chi connectivity index (χ2v) is 6.57. The number of aliphatic hydroxyl groups is 1. The summed E-state index contributed by atoms with van der Waals surface area (Å²) in [6, 6.07) is 0. The Hall–Kier alpha value is -1.44. The van der Waals surface area contributed by atoms with Gasteiger partial charge in [0.25, 0.3) is 5.91 Å². The predicted molar refractivity (Wildman–Crippen MR) is 85.4 cm³/mol. The van der Waals surface area contributed by atoms with Crippen LogP contribution in [0.5, 0.6) is 0 Å². The van der Waals surface area contributed by atoms with Gasteiger partial charge in [-0.1, -0.05) is 0 Å². The number of hydrogen-bond donors (Lipinski definition) is 1. The molecule has 1 unspecified atom stereocenters. The summed E-state index contributed by atoms with van der Waals surface area (Å²) in [5, 5.41) is 15.2. The number of aromatic nitrogens is 2. The second-order valence-electron chi connectivity index (χ2n) is 6.57. The average Bonchev–Trinajstić information content (AvgIpc) is 3.11. The molecule has 1 aromatic heterocycles. The van der Waals surface area contributed by atoms with Crippen LogP contribution >= 0.6 is 0 Å². The van der Waals surface area contributed by atoms with E-state index in [0.29, 0.717) is 44.8 Å². The molecular formula is C16H26N4O3. The van der Waals surface area contributed by atoms with Gasteiger partial charge in [0, 0.05) is 38.9 Å². The molecule has 2 aliphatic rings. The summed E-state index contributed by atoms with van der Waals surface area (Å²) in [6.07, 6.45) is 2.42. The van der Waals surface area contributed by atoms with Gasteiger partial charge in [-0.15, -0.1) is 0 Å². The van der Waals surface area contributed by atoms with Gasteiger partial charge in [0.2, 0.25) is 0 Å². The molecule has 1 N–H and O–H groups in total. The Kier molecular flexibility index (Phi) is 4.70. The fraction of sp³-hybridized carbons (Fsp3) is 0.750. The fourth-order valence-corrected chi connectivity index (χ4v) is 3.39. The van der Waals surface area contributed by atoms with E-state index in [9.17, 15) is 9.90 Å². The minimum Gasteiger partial charge on any atom is -0.387 e.